The van der Waals surface area contributed by atoms with E-state index in [0.717, 1.165) is 11.3 Å². The Morgan fingerprint density at radius 2 is 1.66 bits per heavy atom. The number of amides is 1. The molecule has 1 aliphatic rings. The van der Waals surface area contributed by atoms with Crippen LogP contribution >= 0.6 is 12.2 Å². The molecule has 0 saturated heterocycles. The van der Waals surface area contributed by atoms with Crippen LogP contribution in [0.25, 0.3) is 0 Å². The van der Waals surface area contributed by atoms with E-state index in [-0.39, 0.29) is 11.3 Å². The largest absolute Gasteiger partial charge is 0.466 e. The monoisotopic (exact) mass is 451 g/mol. The summed E-state index contributed by atoms with van der Waals surface area (Å²) in [6.07, 6.45) is 0. The predicted molar refractivity (Wildman–Crippen MR) is 130 cm³/mol. The van der Waals surface area contributed by atoms with Crippen LogP contribution in [0.15, 0.2) is 59.8 Å². The first-order valence-corrected chi connectivity index (χ1v) is 10.8. The Kier molecular flexibility index (Phi) is 6.69. The van der Waals surface area contributed by atoms with Crippen LogP contribution in [0.2, 0.25) is 0 Å². The first kappa shape index (κ1) is 23.5. The average molecular weight is 452 g/mol. The number of benzene rings is 2. The van der Waals surface area contributed by atoms with E-state index in [4.69, 9.17) is 17.0 Å². The molecule has 6 nitrogen and oxygen atoms in total. The van der Waals surface area contributed by atoms with E-state index in [0.29, 0.717) is 21.9 Å². The van der Waals surface area contributed by atoms with E-state index < -0.39 is 12.0 Å². The lowest BCUT2D eigenvalue weighted by Gasteiger charge is -2.35. The highest BCUT2D eigenvalue weighted by molar-refractivity contribution is 7.80. The van der Waals surface area contributed by atoms with Crippen LogP contribution < -0.4 is 10.6 Å². The van der Waals surface area contributed by atoms with Gasteiger partial charge >= 0.3 is 5.97 Å². The number of hydrogen-bond acceptors (Lipinski definition) is 4. The topological polar surface area (TPSA) is 70.7 Å². The SMILES string of the molecule is COC(=O)C1=C(C)N(C)C(=S)NC1c1ccc(NC(=O)c2ccc(C(C)(C)C)cc2)cc1. The molecule has 0 aromatic heterocycles. The number of nitrogens with zero attached hydrogens (tertiary/aromatic N) is 1. The minimum Gasteiger partial charge on any atom is -0.466 e. The Morgan fingerprint density at radius 3 is 2.19 bits per heavy atom. The molecule has 2 aromatic carbocycles. The van der Waals surface area contributed by atoms with E-state index in [1.807, 2.05) is 55.5 Å². The third-order valence-corrected chi connectivity index (χ3v) is 6.07. The molecule has 1 amide bonds. The molecule has 0 spiro atoms. The van der Waals surface area contributed by atoms with Gasteiger partial charge in [-0.2, -0.15) is 0 Å². The second-order valence-electron chi connectivity index (χ2n) is 8.84. The van der Waals surface area contributed by atoms with Crippen molar-refractivity contribution in [1.29, 1.82) is 0 Å². The van der Waals surface area contributed by atoms with Crippen LogP contribution in [0.5, 0.6) is 0 Å². The Balaban J connectivity index is 1.79. The first-order chi connectivity index (χ1) is 15.0. The molecular weight excluding hydrogens is 422 g/mol. The van der Waals surface area contributed by atoms with Crippen LogP contribution in [-0.4, -0.2) is 36.0 Å². The number of ether oxygens (including phenoxy) is 1. The van der Waals surface area contributed by atoms with Crippen molar-refractivity contribution < 1.29 is 14.3 Å². The van der Waals surface area contributed by atoms with Gasteiger partial charge in [0.1, 0.15) is 0 Å². The molecule has 32 heavy (non-hydrogen) atoms. The molecule has 168 valence electrons. The summed E-state index contributed by atoms with van der Waals surface area (Å²) in [6.45, 7) is 8.25. The number of methoxy groups -OCH3 is 1. The number of carbonyl (C=O) groups excluding carboxylic acids is 2. The Morgan fingerprint density at radius 1 is 1.06 bits per heavy atom. The highest BCUT2D eigenvalue weighted by atomic mass is 32.1. The molecule has 2 N–H and O–H groups in total. The molecular formula is C25H29N3O3S. The second kappa shape index (κ2) is 9.12. The summed E-state index contributed by atoms with van der Waals surface area (Å²) in [6, 6.07) is 14.5. The quantitative estimate of drug-likeness (QED) is 0.525. The zero-order valence-electron chi connectivity index (χ0n) is 19.3. The van der Waals surface area contributed by atoms with Gasteiger partial charge in [-0.25, -0.2) is 4.79 Å². The molecule has 0 fully saturated rings. The van der Waals surface area contributed by atoms with Crippen LogP contribution in [0.4, 0.5) is 5.69 Å². The van der Waals surface area contributed by atoms with Gasteiger partial charge in [-0.15, -0.1) is 0 Å². The van der Waals surface area contributed by atoms with Crippen LogP contribution in [0.1, 0.15) is 55.2 Å². The van der Waals surface area contributed by atoms with Crippen molar-refractivity contribution in [2.24, 2.45) is 0 Å². The normalized spacial score (nSPS) is 16.5. The molecule has 1 atom stereocenters. The lowest BCUT2D eigenvalue weighted by molar-refractivity contribution is -0.136. The van der Waals surface area contributed by atoms with Crippen LogP contribution in [0.3, 0.4) is 0 Å². The molecule has 0 aliphatic carbocycles. The van der Waals surface area contributed by atoms with Gasteiger partial charge in [-0.3, -0.25) is 4.79 Å². The van der Waals surface area contributed by atoms with Crippen molar-refractivity contribution in [2.75, 3.05) is 19.5 Å². The summed E-state index contributed by atoms with van der Waals surface area (Å²) in [5.74, 6) is -0.590. The van der Waals surface area contributed by atoms with Gasteiger partial charge in [-0.05, 0) is 59.9 Å². The maximum Gasteiger partial charge on any atom is 0.337 e. The van der Waals surface area contributed by atoms with Gasteiger partial charge in [0.05, 0.1) is 18.7 Å². The summed E-state index contributed by atoms with van der Waals surface area (Å²) < 4.78 is 4.99. The Labute approximate surface area is 194 Å². The average Bonchev–Trinajstić information content (AvgIpc) is 2.76. The molecule has 2 aromatic rings. The maximum atomic E-state index is 12.6. The number of anilines is 1. The Bertz CT molecular complexity index is 1070. The fourth-order valence-electron chi connectivity index (χ4n) is 3.54. The van der Waals surface area contributed by atoms with Crippen LogP contribution in [0, 0.1) is 0 Å². The van der Waals surface area contributed by atoms with Crippen molar-refractivity contribution in [1.82, 2.24) is 10.2 Å². The standard InChI is InChI=1S/C25H29N3O3S/c1-15-20(23(30)31-6)21(27-24(32)28(15)5)16-9-13-19(14-10-16)26-22(29)17-7-11-18(12-8-17)25(2,3)4/h7-14,21H,1-6H3,(H,26,29)(H,27,32). The van der Waals surface area contributed by atoms with Crippen LogP contribution in [-0.2, 0) is 14.9 Å². The van der Waals surface area contributed by atoms with Crippen molar-refractivity contribution in [3.63, 3.8) is 0 Å². The molecule has 3 rings (SSSR count). The number of allylic oxidation sites excluding steroid dienone is 1. The fourth-order valence-corrected chi connectivity index (χ4v) is 3.80. The smallest absolute Gasteiger partial charge is 0.337 e. The molecule has 0 bridgehead atoms. The number of carbonyl (C=O) groups is 2. The second-order valence-corrected chi connectivity index (χ2v) is 9.22. The molecule has 0 saturated carbocycles. The van der Waals surface area contributed by atoms with E-state index in [1.54, 1.807) is 11.9 Å². The third-order valence-electron chi connectivity index (χ3n) is 5.67. The van der Waals surface area contributed by atoms with Gasteiger partial charge in [0.25, 0.3) is 5.91 Å². The van der Waals surface area contributed by atoms with Crippen molar-refractivity contribution >= 4 is 34.9 Å². The van der Waals surface area contributed by atoms with E-state index in [9.17, 15) is 9.59 Å². The molecule has 1 aliphatic heterocycles. The van der Waals surface area contributed by atoms with E-state index >= 15 is 0 Å². The van der Waals surface area contributed by atoms with Crippen molar-refractivity contribution in [3.05, 3.63) is 76.5 Å². The van der Waals surface area contributed by atoms with Gasteiger partial charge in [0, 0.05) is 24.0 Å². The molecule has 0 radical (unpaired) electrons. The molecule has 1 unspecified atom stereocenters. The number of hydrogen-bond donors (Lipinski definition) is 2. The van der Waals surface area contributed by atoms with Crippen molar-refractivity contribution in [2.45, 2.75) is 39.2 Å². The summed E-state index contributed by atoms with van der Waals surface area (Å²) in [5.41, 5.74) is 4.54. The summed E-state index contributed by atoms with van der Waals surface area (Å²) in [7, 11) is 3.16. The zero-order valence-corrected chi connectivity index (χ0v) is 20.1. The van der Waals surface area contributed by atoms with E-state index in [2.05, 4.69) is 31.4 Å². The maximum absolute atomic E-state index is 12.6. The minimum absolute atomic E-state index is 0.0327. The lowest BCUT2D eigenvalue weighted by Crippen LogP contribution is -2.46. The fraction of sp³-hybridized carbons (Fsp3) is 0.320. The zero-order chi connectivity index (χ0) is 23.6. The number of nitrogens with one attached hydrogen (secondary N) is 2. The summed E-state index contributed by atoms with van der Waals surface area (Å²) in [5, 5.41) is 6.64. The Hall–Kier alpha value is -3.19. The minimum atomic E-state index is -0.430. The van der Waals surface area contributed by atoms with E-state index in [1.165, 1.54) is 12.7 Å². The predicted octanol–water partition coefficient (Wildman–Crippen LogP) is 4.54. The molecule has 1 heterocycles. The van der Waals surface area contributed by atoms with Gasteiger partial charge < -0.3 is 20.3 Å². The number of rotatable bonds is 4. The third kappa shape index (κ3) is 4.83. The van der Waals surface area contributed by atoms with Gasteiger partial charge in [0.2, 0.25) is 0 Å². The first-order valence-electron chi connectivity index (χ1n) is 10.4. The van der Waals surface area contributed by atoms with Crippen molar-refractivity contribution in [3.8, 4) is 0 Å². The molecule has 7 heteroatoms. The van der Waals surface area contributed by atoms with Gasteiger partial charge in [0.15, 0.2) is 5.11 Å². The highest BCUT2D eigenvalue weighted by Gasteiger charge is 2.33. The van der Waals surface area contributed by atoms with Gasteiger partial charge in [-0.1, -0.05) is 45.0 Å². The lowest BCUT2D eigenvalue weighted by atomic mass is 9.87. The summed E-state index contributed by atoms with van der Waals surface area (Å²) in [4.78, 5) is 26.8. The summed E-state index contributed by atoms with van der Waals surface area (Å²) >= 11 is 5.40. The number of esters is 1. The highest BCUT2D eigenvalue weighted by Crippen LogP contribution is 2.31. The number of thiocarbonyl (C=S) groups is 1.